The quantitative estimate of drug-likeness (QED) is 0.643. The van der Waals surface area contributed by atoms with Crippen molar-refractivity contribution < 1.29 is 14.6 Å². The van der Waals surface area contributed by atoms with Crippen molar-refractivity contribution >= 4 is 0 Å². The van der Waals surface area contributed by atoms with Crippen LogP contribution in [0.5, 0.6) is 11.5 Å². The van der Waals surface area contributed by atoms with Crippen LogP contribution in [0.4, 0.5) is 0 Å². The Morgan fingerprint density at radius 1 is 1.07 bits per heavy atom. The van der Waals surface area contributed by atoms with E-state index in [1.807, 2.05) is 26.0 Å². The third-order valence-electron chi connectivity index (χ3n) is 5.38. The van der Waals surface area contributed by atoms with Gasteiger partial charge in [0.15, 0.2) is 12.2 Å². The third-order valence-corrected chi connectivity index (χ3v) is 5.38. The van der Waals surface area contributed by atoms with Gasteiger partial charge in [0.1, 0.15) is 17.2 Å². The van der Waals surface area contributed by atoms with Crippen molar-refractivity contribution in [2.45, 2.75) is 39.2 Å². The Balaban J connectivity index is 1.71. The van der Waals surface area contributed by atoms with Crippen molar-refractivity contribution in [3.05, 3.63) is 53.9 Å². The van der Waals surface area contributed by atoms with Crippen LogP contribution in [-0.4, -0.2) is 33.2 Å². The molecule has 146 valence electrons. The smallest absolute Gasteiger partial charge is 0.182 e. The van der Waals surface area contributed by atoms with Crippen molar-refractivity contribution in [2.75, 3.05) is 13.1 Å². The third kappa shape index (κ3) is 3.62. The molecular weight excluding hydrogens is 352 g/mol. The Hall–Kier alpha value is -2.79. The largest absolute Gasteiger partial charge is 0.508 e. The first-order chi connectivity index (χ1) is 13.5. The molecule has 1 saturated heterocycles. The van der Waals surface area contributed by atoms with Crippen LogP contribution < -0.4 is 0 Å². The predicted molar refractivity (Wildman–Crippen MR) is 109 cm³/mol. The lowest BCUT2D eigenvalue weighted by Gasteiger charge is -2.15. The molecule has 0 amide bonds. The van der Waals surface area contributed by atoms with E-state index in [0.29, 0.717) is 17.0 Å². The average Bonchev–Trinajstić information content (AvgIpc) is 3.33. The van der Waals surface area contributed by atoms with Gasteiger partial charge in [-0.25, -0.2) is 4.98 Å². The fourth-order valence-electron chi connectivity index (χ4n) is 3.90. The summed E-state index contributed by atoms with van der Waals surface area (Å²) in [6.07, 6.45) is 3.94. The lowest BCUT2D eigenvalue weighted by Crippen LogP contribution is -2.18. The molecule has 0 radical (unpaired) electrons. The molecule has 2 aromatic carbocycles. The van der Waals surface area contributed by atoms with Gasteiger partial charge in [0.2, 0.25) is 0 Å². The normalized spacial score (nSPS) is 14.8. The molecule has 0 bridgehead atoms. The second kappa shape index (κ2) is 7.68. The van der Waals surface area contributed by atoms with Gasteiger partial charge in [0, 0.05) is 23.7 Å². The monoisotopic (exact) mass is 378 g/mol. The summed E-state index contributed by atoms with van der Waals surface area (Å²) < 4.78 is 5.72. The zero-order valence-corrected chi connectivity index (χ0v) is 16.4. The highest BCUT2D eigenvalue weighted by atomic mass is 16.3. The highest BCUT2D eigenvalue weighted by Crippen LogP contribution is 2.41. The van der Waals surface area contributed by atoms with Crippen molar-refractivity contribution in [3.63, 3.8) is 0 Å². The molecule has 1 fully saturated rings. The molecule has 5 heteroatoms. The maximum atomic E-state index is 10.4. The maximum absolute atomic E-state index is 10.4. The maximum Gasteiger partial charge on any atom is 0.182 e. The summed E-state index contributed by atoms with van der Waals surface area (Å²) in [5.74, 6) is 0.830. The molecule has 3 aromatic rings. The molecule has 5 nitrogen and oxygen atoms in total. The summed E-state index contributed by atoms with van der Waals surface area (Å²) in [7, 11) is 0. The van der Waals surface area contributed by atoms with E-state index in [1.54, 1.807) is 6.07 Å². The van der Waals surface area contributed by atoms with E-state index in [1.165, 1.54) is 30.9 Å². The molecule has 0 spiro atoms. The molecule has 1 aliphatic heterocycles. The van der Waals surface area contributed by atoms with Crippen molar-refractivity contribution in [1.82, 2.24) is 9.88 Å². The van der Waals surface area contributed by atoms with Crippen LogP contribution in [0.2, 0.25) is 0 Å². The van der Waals surface area contributed by atoms with Crippen LogP contribution in [0.1, 0.15) is 43.7 Å². The topological polar surface area (TPSA) is 69.7 Å². The number of aromatic hydroxyl groups is 2. The van der Waals surface area contributed by atoms with Crippen LogP contribution >= 0.6 is 0 Å². The number of hydrogen-bond acceptors (Lipinski definition) is 5. The summed E-state index contributed by atoms with van der Waals surface area (Å²) in [5, 5.41) is 20.6. The van der Waals surface area contributed by atoms with E-state index in [2.05, 4.69) is 22.0 Å². The van der Waals surface area contributed by atoms with Gasteiger partial charge in [-0.05, 0) is 55.1 Å². The van der Waals surface area contributed by atoms with Crippen molar-refractivity contribution in [2.24, 2.45) is 0 Å². The lowest BCUT2D eigenvalue weighted by molar-refractivity contribution is 0.331. The van der Waals surface area contributed by atoms with Crippen LogP contribution in [-0.2, 0) is 6.54 Å². The second-order valence-electron chi connectivity index (χ2n) is 7.80. The molecule has 4 rings (SSSR count). The number of oxazole rings is 1. The summed E-state index contributed by atoms with van der Waals surface area (Å²) in [5.41, 5.74) is 4.08. The summed E-state index contributed by atoms with van der Waals surface area (Å²) in [6.45, 7) is 7.23. The fraction of sp³-hybridized carbons (Fsp3) is 0.348. The van der Waals surface area contributed by atoms with Gasteiger partial charge in [-0.1, -0.05) is 32.0 Å². The molecule has 1 aliphatic rings. The Morgan fingerprint density at radius 3 is 2.61 bits per heavy atom. The summed E-state index contributed by atoms with van der Waals surface area (Å²) in [4.78, 5) is 6.83. The molecule has 28 heavy (non-hydrogen) atoms. The first kappa shape index (κ1) is 18.6. The van der Waals surface area contributed by atoms with Gasteiger partial charge >= 0.3 is 0 Å². The van der Waals surface area contributed by atoms with Gasteiger partial charge in [-0.3, -0.25) is 4.90 Å². The van der Waals surface area contributed by atoms with E-state index in [9.17, 15) is 10.2 Å². The van der Waals surface area contributed by atoms with Gasteiger partial charge in [-0.2, -0.15) is 0 Å². The standard InChI is InChI=1S/C23H26N2O3/c1-15(2)18-11-19(21(27)12-20(18)26)22-23(28-14-24-22)17-7-5-6-16(10-17)13-25-8-3-4-9-25/h5-7,10-12,14-15,26-27H,3-4,8-9,13H2,1-2H3. The molecule has 0 saturated carbocycles. The van der Waals surface area contributed by atoms with Gasteiger partial charge in [-0.15, -0.1) is 0 Å². The number of likely N-dealkylation sites (tertiary alicyclic amines) is 1. The van der Waals surface area contributed by atoms with E-state index in [0.717, 1.165) is 30.8 Å². The predicted octanol–water partition coefficient (Wildman–Crippen LogP) is 5.14. The molecule has 0 unspecified atom stereocenters. The Bertz CT molecular complexity index is 972. The van der Waals surface area contributed by atoms with Crippen LogP contribution in [0.15, 0.2) is 47.2 Å². The molecule has 1 aromatic heterocycles. The fourth-order valence-corrected chi connectivity index (χ4v) is 3.90. The first-order valence-electron chi connectivity index (χ1n) is 9.84. The number of hydrogen-bond donors (Lipinski definition) is 2. The molecular formula is C23H26N2O3. The SMILES string of the molecule is CC(C)c1cc(-c2ncoc2-c2cccc(CN3CCCC3)c2)c(O)cc1O. The molecule has 0 aliphatic carbocycles. The zero-order valence-electron chi connectivity index (χ0n) is 16.4. The van der Waals surface area contributed by atoms with Gasteiger partial charge in [0.25, 0.3) is 0 Å². The zero-order chi connectivity index (χ0) is 19.7. The number of benzene rings is 2. The lowest BCUT2D eigenvalue weighted by atomic mass is 9.96. The van der Waals surface area contributed by atoms with Crippen molar-refractivity contribution in [3.8, 4) is 34.1 Å². The highest BCUT2D eigenvalue weighted by Gasteiger charge is 2.20. The summed E-state index contributed by atoms with van der Waals surface area (Å²) in [6, 6.07) is 11.5. The van der Waals surface area contributed by atoms with E-state index in [-0.39, 0.29) is 17.4 Å². The van der Waals surface area contributed by atoms with Crippen LogP contribution in [0, 0.1) is 0 Å². The average molecular weight is 378 g/mol. The number of phenols is 2. The Labute approximate surface area is 165 Å². The highest BCUT2D eigenvalue weighted by molar-refractivity contribution is 5.81. The van der Waals surface area contributed by atoms with E-state index >= 15 is 0 Å². The van der Waals surface area contributed by atoms with Gasteiger partial charge in [0.05, 0.1) is 0 Å². The number of rotatable bonds is 5. The minimum absolute atomic E-state index is 0.00901. The number of aromatic nitrogens is 1. The summed E-state index contributed by atoms with van der Waals surface area (Å²) >= 11 is 0. The van der Waals surface area contributed by atoms with Crippen molar-refractivity contribution in [1.29, 1.82) is 0 Å². The van der Waals surface area contributed by atoms with E-state index in [4.69, 9.17) is 4.42 Å². The molecule has 2 heterocycles. The number of nitrogens with zero attached hydrogens (tertiary/aromatic N) is 2. The van der Waals surface area contributed by atoms with Gasteiger partial charge < -0.3 is 14.6 Å². The number of phenolic OH excluding ortho intramolecular Hbond substituents is 2. The minimum Gasteiger partial charge on any atom is -0.508 e. The first-order valence-corrected chi connectivity index (χ1v) is 9.84. The van der Waals surface area contributed by atoms with Crippen LogP contribution in [0.3, 0.4) is 0 Å². The molecule has 2 N–H and O–H groups in total. The second-order valence-corrected chi connectivity index (χ2v) is 7.80. The Kier molecular flexibility index (Phi) is 5.09. The Morgan fingerprint density at radius 2 is 1.86 bits per heavy atom. The molecule has 0 atom stereocenters. The van der Waals surface area contributed by atoms with E-state index < -0.39 is 0 Å². The minimum atomic E-state index is -0.00901. The van der Waals surface area contributed by atoms with Crippen LogP contribution in [0.25, 0.3) is 22.6 Å².